The number of hydrogen-bond acceptors (Lipinski definition) is 7. The average Bonchev–Trinajstić information content (AvgIpc) is 3.76. The zero-order valence-corrected chi connectivity index (χ0v) is 26.5. The van der Waals surface area contributed by atoms with E-state index in [0.29, 0.717) is 16.5 Å². The lowest BCUT2D eigenvalue weighted by molar-refractivity contribution is -0.123. The van der Waals surface area contributed by atoms with Crippen LogP contribution in [0.15, 0.2) is 82.6 Å². The third-order valence-corrected chi connectivity index (χ3v) is 12.6. The van der Waals surface area contributed by atoms with Gasteiger partial charge in [0.2, 0.25) is 11.8 Å². The van der Waals surface area contributed by atoms with Crippen LogP contribution < -0.4 is 19.8 Å². The Morgan fingerprint density at radius 2 is 1.73 bits per heavy atom. The molecule has 8 rings (SSSR count). The third-order valence-electron chi connectivity index (χ3n) is 9.72. The van der Waals surface area contributed by atoms with E-state index < -0.39 is 0 Å². The molecule has 4 aliphatic rings. The number of imide groups is 1. The molecule has 6 unspecified atom stereocenters. The number of thioether (sulfide) groups is 1. The molecule has 3 fully saturated rings. The molecule has 2 aliphatic carbocycles. The van der Waals surface area contributed by atoms with Crippen LogP contribution in [0.2, 0.25) is 5.02 Å². The molecule has 2 N–H and O–H groups in total. The summed E-state index contributed by atoms with van der Waals surface area (Å²) in [6.45, 7) is 1.83. The van der Waals surface area contributed by atoms with Crippen LogP contribution in [0.1, 0.15) is 28.3 Å². The lowest BCUT2D eigenvalue weighted by Crippen LogP contribution is -2.42. The first-order chi connectivity index (χ1) is 21.8. The van der Waals surface area contributed by atoms with Crippen molar-refractivity contribution in [3.05, 3.63) is 103 Å². The summed E-state index contributed by atoms with van der Waals surface area (Å²) in [5.74, 6) is -0.651. The van der Waals surface area contributed by atoms with Crippen molar-refractivity contribution in [1.82, 2.24) is 4.98 Å². The highest BCUT2D eigenvalue weighted by Crippen LogP contribution is 2.68. The molecule has 4 aromatic rings. The number of aromatic nitrogens is 1. The highest BCUT2D eigenvalue weighted by Gasteiger charge is 2.69. The number of nitrogens with zero attached hydrogens (tertiary/aromatic N) is 1. The summed E-state index contributed by atoms with van der Waals surface area (Å²) < 4.78 is 5.80. The maximum absolute atomic E-state index is 13.9. The van der Waals surface area contributed by atoms with E-state index in [9.17, 15) is 19.2 Å². The quantitative estimate of drug-likeness (QED) is 0.243. The first-order valence-electron chi connectivity index (χ1n) is 14.9. The summed E-state index contributed by atoms with van der Waals surface area (Å²) >= 11 is 8.97. The van der Waals surface area contributed by atoms with E-state index in [1.165, 1.54) is 16.2 Å². The summed E-state index contributed by atoms with van der Waals surface area (Å²) in [4.78, 5) is 58.0. The molecule has 228 valence electrons. The number of halogens is 1. The maximum Gasteiger partial charge on any atom is 0.305 e. The SMILES string of the molecule is Cc1cccc(NC(=O)COc2ccc([C@H]3c4sc(=O)[nH]c4SC4C5CC(C6C(=O)N(c7ccc(Cl)cc7)C(=O)C56)C43)cc2)c1. The standard InChI is InChI=1S/C34H28ClN3O5S2/c1-16-3-2-4-19(13-16)36-24(39)15-43-21-11-5-17(6-12-21)25-26-22-14-23(29(26)44-31-30(25)45-34(42)37-31)28-27(22)32(40)38(33(28)41)20-9-7-18(35)8-10-20/h2-13,22-23,25-29H,14-15H2,1H3,(H,36,39)(H,37,42)/t22?,23?,25-,26?,27?,28?,29?/m1/s1. The molecular weight excluding hydrogens is 630 g/mol. The van der Waals surface area contributed by atoms with E-state index in [0.717, 1.165) is 33.1 Å². The van der Waals surface area contributed by atoms with Gasteiger partial charge in [-0.3, -0.25) is 24.1 Å². The van der Waals surface area contributed by atoms with Gasteiger partial charge >= 0.3 is 4.87 Å². The normalized spacial score (nSPS) is 27.7. The largest absolute Gasteiger partial charge is 0.484 e. The van der Waals surface area contributed by atoms with Gasteiger partial charge in [0, 0.05) is 26.8 Å². The zero-order chi connectivity index (χ0) is 31.0. The van der Waals surface area contributed by atoms with Gasteiger partial charge in [-0.15, -0.1) is 11.8 Å². The van der Waals surface area contributed by atoms with Crippen LogP contribution in [-0.4, -0.2) is 34.6 Å². The molecule has 3 aromatic carbocycles. The minimum absolute atomic E-state index is 0.0165. The number of benzene rings is 3. The van der Waals surface area contributed by atoms with E-state index in [1.54, 1.807) is 36.0 Å². The highest BCUT2D eigenvalue weighted by atomic mass is 35.5. The van der Waals surface area contributed by atoms with E-state index in [-0.39, 0.29) is 70.0 Å². The summed E-state index contributed by atoms with van der Waals surface area (Å²) in [5, 5.41) is 4.36. The van der Waals surface area contributed by atoms with Crippen LogP contribution in [0.5, 0.6) is 5.75 Å². The molecule has 1 aromatic heterocycles. The minimum Gasteiger partial charge on any atom is -0.484 e. The van der Waals surface area contributed by atoms with E-state index in [2.05, 4.69) is 10.3 Å². The lowest BCUT2D eigenvalue weighted by Gasteiger charge is -2.43. The smallest absolute Gasteiger partial charge is 0.305 e. The number of carbonyl (C=O) groups is 3. The van der Waals surface area contributed by atoms with Gasteiger partial charge in [-0.1, -0.05) is 47.2 Å². The molecule has 2 bridgehead atoms. The zero-order valence-electron chi connectivity index (χ0n) is 24.1. The second kappa shape index (κ2) is 10.9. The average molecular weight is 658 g/mol. The number of hydrogen-bond donors (Lipinski definition) is 2. The van der Waals surface area contributed by atoms with Crippen molar-refractivity contribution in [1.29, 1.82) is 0 Å². The molecule has 11 heteroatoms. The van der Waals surface area contributed by atoms with Gasteiger partial charge in [-0.2, -0.15) is 0 Å². The van der Waals surface area contributed by atoms with Gasteiger partial charge in [-0.25, -0.2) is 0 Å². The molecule has 2 aliphatic heterocycles. The Bertz CT molecular complexity index is 1910. The fourth-order valence-electron chi connectivity index (χ4n) is 8.07. The van der Waals surface area contributed by atoms with Gasteiger partial charge in [0.25, 0.3) is 5.91 Å². The third kappa shape index (κ3) is 4.73. The van der Waals surface area contributed by atoms with Crippen molar-refractivity contribution in [2.75, 3.05) is 16.8 Å². The number of amides is 3. The second-order valence-corrected chi connectivity index (χ2v) is 14.9. The predicted molar refractivity (Wildman–Crippen MR) is 174 cm³/mol. The summed E-state index contributed by atoms with van der Waals surface area (Å²) in [5.41, 5.74) is 3.35. The number of ether oxygens (including phenoxy) is 1. The van der Waals surface area contributed by atoms with E-state index >= 15 is 0 Å². The number of nitrogens with one attached hydrogen (secondary N) is 2. The van der Waals surface area contributed by atoms with Crippen LogP contribution in [0, 0.1) is 36.5 Å². The number of carbonyl (C=O) groups excluding carboxylic acids is 3. The van der Waals surface area contributed by atoms with Gasteiger partial charge in [0.15, 0.2) is 6.61 Å². The van der Waals surface area contributed by atoms with Gasteiger partial charge < -0.3 is 15.0 Å². The van der Waals surface area contributed by atoms with Crippen molar-refractivity contribution in [2.24, 2.45) is 29.6 Å². The molecule has 3 amide bonds. The number of aryl methyl sites for hydroxylation is 1. The first-order valence-corrected chi connectivity index (χ1v) is 17.0. The summed E-state index contributed by atoms with van der Waals surface area (Å²) in [6.07, 6.45) is 0.816. The number of rotatable bonds is 6. The Labute approximate surface area is 272 Å². The fourth-order valence-corrected chi connectivity index (χ4v) is 11.1. The van der Waals surface area contributed by atoms with Gasteiger partial charge in [0.05, 0.1) is 22.5 Å². The Kier molecular flexibility index (Phi) is 6.92. The number of H-pyrrole nitrogens is 1. The monoisotopic (exact) mass is 657 g/mol. The van der Waals surface area contributed by atoms with E-state index in [1.807, 2.05) is 55.5 Å². The number of anilines is 2. The topological polar surface area (TPSA) is 109 Å². The minimum atomic E-state index is -0.380. The second-order valence-electron chi connectivity index (χ2n) is 12.2. The Balaban J connectivity index is 1.05. The van der Waals surface area contributed by atoms with Crippen LogP contribution >= 0.6 is 34.7 Å². The number of thiazole rings is 1. The highest BCUT2D eigenvalue weighted by molar-refractivity contribution is 8.00. The van der Waals surface area contributed by atoms with Gasteiger partial charge in [0.1, 0.15) is 5.75 Å². The van der Waals surface area contributed by atoms with E-state index in [4.69, 9.17) is 16.3 Å². The van der Waals surface area contributed by atoms with Crippen molar-refractivity contribution >= 4 is 63.8 Å². The molecule has 0 radical (unpaired) electrons. The van der Waals surface area contributed by atoms with Crippen molar-refractivity contribution < 1.29 is 19.1 Å². The maximum atomic E-state index is 13.9. The van der Waals surface area contributed by atoms with Crippen molar-refractivity contribution in [3.63, 3.8) is 0 Å². The summed E-state index contributed by atoms with van der Waals surface area (Å²) in [6, 6.07) is 22.1. The first kappa shape index (κ1) is 28.6. The van der Waals surface area contributed by atoms with Crippen LogP contribution in [0.25, 0.3) is 0 Å². The lowest BCUT2D eigenvalue weighted by atomic mass is 9.68. The molecule has 8 nitrogen and oxygen atoms in total. The molecule has 0 spiro atoms. The predicted octanol–water partition coefficient (Wildman–Crippen LogP) is 6.09. The Morgan fingerprint density at radius 1 is 1.00 bits per heavy atom. The van der Waals surface area contributed by atoms with Crippen LogP contribution in [0.3, 0.4) is 0 Å². The number of aromatic amines is 1. The summed E-state index contributed by atoms with van der Waals surface area (Å²) in [7, 11) is 0. The number of fused-ring (bicyclic) bond motifs is 9. The molecule has 3 heterocycles. The molecule has 2 saturated carbocycles. The molecule has 45 heavy (non-hydrogen) atoms. The molecular formula is C34H28ClN3O5S2. The van der Waals surface area contributed by atoms with Crippen molar-refractivity contribution in [3.8, 4) is 5.75 Å². The van der Waals surface area contributed by atoms with Crippen molar-refractivity contribution in [2.45, 2.75) is 29.5 Å². The molecule has 7 atom stereocenters. The van der Waals surface area contributed by atoms with Crippen LogP contribution in [-0.2, 0) is 14.4 Å². The Morgan fingerprint density at radius 3 is 2.47 bits per heavy atom. The van der Waals surface area contributed by atoms with Crippen LogP contribution in [0.4, 0.5) is 11.4 Å². The fraction of sp³-hybridized carbons (Fsp3) is 0.294. The molecule has 1 saturated heterocycles. The van der Waals surface area contributed by atoms with Gasteiger partial charge in [-0.05, 0) is 90.8 Å². The Hall–Kier alpha value is -3.86.